The Bertz CT molecular complexity index is 1370. The van der Waals surface area contributed by atoms with E-state index in [1.165, 1.54) is 5.56 Å². The predicted molar refractivity (Wildman–Crippen MR) is 124 cm³/mol. The first-order valence-electron chi connectivity index (χ1n) is 10.9. The molecule has 162 valence electrons. The lowest BCUT2D eigenvalue weighted by molar-refractivity contribution is 0.116. The minimum atomic E-state index is -0.286. The predicted octanol–water partition coefficient (Wildman–Crippen LogP) is 3.83. The van der Waals surface area contributed by atoms with E-state index in [4.69, 9.17) is 4.98 Å². The number of aromatic nitrogens is 6. The summed E-state index contributed by atoms with van der Waals surface area (Å²) in [6.45, 7) is 0. The molecule has 0 amide bonds. The SMILES string of the molecule is O[C@@H]1CCCCC1Nc1nc2ccc(Cc3cnc4cc(-n5nccn5)ccn34)cc2s1. The second-order valence-electron chi connectivity index (χ2n) is 8.28. The quantitative estimate of drug-likeness (QED) is 0.427. The summed E-state index contributed by atoms with van der Waals surface area (Å²) in [5, 5.41) is 23.0. The summed E-state index contributed by atoms with van der Waals surface area (Å²) in [5.41, 5.74) is 5.07. The summed E-state index contributed by atoms with van der Waals surface area (Å²) in [7, 11) is 0. The average Bonchev–Trinajstić information content (AvgIpc) is 3.55. The molecule has 5 aromatic rings. The van der Waals surface area contributed by atoms with E-state index < -0.39 is 0 Å². The first kappa shape index (κ1) is 19.4. The van der Waals surface area contributed by atoms with Crippen molar-refractivity contribution in [1.82, 2.24) is 29.4 Å². The van der Waals surface area contributed by atoms with Crippen molar-refractivity contribution in [3.63, 3.8) is 0 Å². The van der Waals surface area contributed by atoms with Gasteiger partial charge < -0.3 is 14.8 Å². The molecule has 1 aromatic carbocycles. The minimum Gasteiger partial charge on any atom is -0.391 e. The summed E-state index contributed by atoms with van der Waals surface area (Å²) in [6, 6.07) is 10.5. The van der Waals surface area contributed by atoms with Gasteiger partial charge in [0.25, 0.3) is 0 Å². The molecule has 1 aliphatic carbocycles. The van der Waals surface area contributed by atoms with Crippen LogP contribution in [0.1, 0.15) is 36.9 Å². The number of fused-ring (bicyclic) bond motifs is 2. The molecule has 8 nitrogen and oxygen atoms in total. The largest absolute Gasteiger partial charge is 0.391 e. The number of benzene rings is 1. The molecule has 1 unspecified atom stereocenters. The molecule has 6 rings (SSSR count). The highest BCUT2D eigenvalue weighted by Crippen LogP contribution is 2.30. The zero-order valence-electron chi connectivity index (χ0n) is 17.4. The van der Waals surface area contributed by atoms with Gasteiger partial charge in [-0.3, -0.25) is 0 Å². The highest BCUT2D eigenvalue weighted by molar-refractivity contribution is 7.22. The van der Waals surface area contributed by atoms with Gasteiger partial charge in [-0.25, -0.2) is 9.97 Å². The molecule has 2 N–H and O–H groups in total. The summed E-state index contributed by atoms with van der Waals surface area (Å²) in [6.07, 6.45) is 11.9. The number of nitrogens with one attached hydrogen (secondary N) is 1. The number of imidazole rings is 1. The fourth-order valence-electron chi connectivity index (χ4n) is 4.41. The molecule has 4 aromatic heterocycles. The van der Waals surface area contributed by atoms with Gasteiger partial charge in [0.05, 0.1) is 40.4 Å². The molecule has 0 saturated heterocycles. The monoisotopic (exact) mass is 445 g/mol. The van der Waals surface area contributed by atoms with Crippen molar-refractivity contribution >= 4 is 32.3 Å². The zero-order valence-corrected chi connectivity index (χ0v) is 18.2. The third-order valence-corrected chi connectivity index (χ3v) is 7.05. The molecule has 0 radical (unpaired) electrons. The number of aliphatic hydroxyl groups excluding tert-OH is 1. The van der Waals surface area contributed by atoms with Gasteiger partial charge in [0.15, 0.2) is 5.13 Å². The summed E-state index contributed by atoms with van der Waals surface area (Å²) in [4.78, 5) is 10.9. The van der Waals surface area contributed by atoms with Crippen LogP contribution in [0.25, 0.3) is 21.6 Å². The summed E-state index contributed by atoms with van der Waals surface area (Å²) < 4.78 is 3.25. The maximum atomic E-state index is 10.2. The van der Waals surface area contributed by atoms with Crippen molar-refractivity contribution in [2.45, 2.75) is 44.2 Å². The van der Waals surface area contributed by atoms with Gasteiger partial charge in [-0.2, -0.15) is 15.0 Å². The topological polar surface area (TPSA) is 93.2 Å². The molecule has 32 heavy (non-hydrogen) atoms. The van der Waals surface area contributed by atoms with E-state index in [0.29, 0.717) is 0 Å². The normalized spacial score (nSPS) is 19.0. The van der Waals surface area contributed by atoms with Crippen LogP contribution in [-0.4, -0.2) is 46.6 Å². The van der Waals surface area contributed by atoms with Crippen molar-refractivity contribution in [3.8, 4) is 5.69 Å². The van der Waals surface area contributed by atoms with E-state index in [-0.39, 0.29) is 12.1 Å². The van der Waals surface area contributed by atoms with Crippen LogP contribution in [0.5, 0.6) is 0 Å². The van der Waals surface area contributed by atoms with E-state index >= 15 is 0 Å². The lowest BCUT2D eigenvalue weighted by Gasteiger charge is -2.27. The molecule has 9 heteroatoms. The standard InChI is InChI=1S/C23H23N7OS/c31-20-4-2-1-3-18(20)27-23-28-19-6-5-15(12-21(19)32-23)11-17-14-24-22-13-16(7-10-29(17)22)30-25-8-9-26-30/h5-10,12-14,18,20,31H,1-4,11H2,(H,27,28)/t18?,20-/m1/s1. The van der Waals surface area contributed by atoms with Crippen LogP contribution in [0.15, 0.2) is 55.1 Å². The fraction of sp³-hybridized carbons (Fsp3) is 0.304. The van der Waals surface area contributed by atoms with Gasteiger partial charge in [0.2, 0.25) is 0 Å². The maximum Gasteiger partial charge on any atom is 0.184 e. The number of anilines is 1. The second kappa shape index (κ2) is 7.99. The second-order valence-corrected chi connectivity index (χ2v) is 9.31. The Hall–Kier alpha value is -3.30. The number of thiazole rings is 1. The van der Waals surface area contributed by atoms with Gasteiger partial charge in [0.1, 0.15) is 5.65 Å². The van der Waals surface area contributed by atoms with Crippen molar-refractivity contribution in [2.24, 2.45) is 0 Å². The van der Waals surface area contributed by atoms with E-state index in [1.54, 1.807) is 28.5 Å². The summed E-state index contributed by atoms with van der Waals surface area (Å²) in [5.74, 6) is 0. The van der Waals surface area contributed by atoms with Crippen LogP contribution >= 0.6 is 11.3 Å². The van der Waals surface area contributed by atoms with Gasteiger partial charge in [0, 0.05) is 30.6 Å². The zero-order chi connectivity index (χ0) is 21.5. The molecule has 0 bridgehead atoms. The maximum absolute atomic E-state index is 10.2. The Labute approximate surface area is 188 Å². The number of hydrogen-bond acceptors (Lipinski definition) is 7. The molecule has 0 spiro atoms. The van der Waals surface area contributed by atoms with E-state index in [0.717, 1.165) is 64.5 Å². The van der Waals surface area contributed by atoms with Gasteiger partial charge in [-0.05, 0) is 36.6 Å². The average molecular weight is 446 g/mol. The highest BCUT2D eigenvalue weighted by Gasteiger charge is 2.23. The first-order valence-corrected chi connectivity index (χ1v) is 11.7. The molecule has 4 heterocycles. The molecule has 1 fully saturated rings. The van der Waals surface area contributed by atoms with Gasteiger partial charge >= 0.3 is 0 Å². The number of pyridine rings is 1. The van der Waals surface area contributed by atoms with Crippen LogP contribution in [0, 0.1) is 0 Å². The molecule has 1 saturated carbocycles. The van der Waals surface area contributed by atoms with Crippen molar-refractivity contribution in [3.05, 3.63) is 66.4 Å². The van der Waals surface area contributed by atoms with Gasteiger partial charge in [-0.1, -0.05) is 30.2 Å². The Morgan fingerprint density at radius 2 is 1.97 bits per heavy atom. The third kappa shape index (κ3) is 3.63. The fourth-order valence-corrected chi connectivity index (χ4v) is 5.41. The lowest BCUT2D eigenvalue weighted by atomic mass is 9.93. The first-order chi connectivity index (χ1) is 15.7. The Kier molecular flexibility index (Phi) is 4.84. The third-order valence-electron chi connectivity index (χ3n) is 6.10. The number of aliphatic hydroxyl groups is 1. The summed E-state index contributed by atoms with van der Waals surface area (Å²) >= 11 is 1.65. The van der Waals surface area contributed by atoms with E-state index in [1.807, 2.05) is 24.5 Å². The van der Waals surface area contributed by atoms with Crippen LogP contribution in [0.3, 0.4) is 0 Å². The molecule has 2 atom stereocenters. The van der Waals surface area contributed by atoms with E-state index in [9.17, 15) is 5.11 Å². The van der Waals surface area contributed by atoms with Crippen molar-refractivity contribution in [2.75, 3.05) is 5.32 Å². The van der Waals surface area contributed by atoms with Gasteiger partial charge in [-0.15, -0.1) is 0 Å². The highest BCUT2D eigenvalue weighted by atomic mass is 32.1. The number of hydrogen-bond donors (Lipinski definition) is 2. The Morgan fingerprint density at radius 1 is 1.09 bits per heavy atom. The molecular weight excluding hydrogens is 422 g/mol. The van der Waals surface area contributed by atoms with Crippen LogP contribution in [-0.2, 0) is 6.42 Å². The molecule has 1 aliphatic rings. The number of nitrogens with zero attached hydrogens (tertiary/aromatic N) is 6. The van der Waals surface area contributed by atoms with Crippen molar-refractivity contribution < 1.29 is 5.11 Å². The lowest BCUT2D eigenvalue weighted by Crippen LogP contribution is -2.36. The van der Waals surface area contributed by atoms with Crippen LogP contribution in [0.2, 0.25) is 0 Å². The van der Waals surface area contributed by atoms with Crippen molar-refractivity contribution in [1.29, 1.82) is 0 Å². The molecular formula is C23H23N7OS. The van der Waals surface area contributed by atoms with Crippen LogP contribution in [0.4, 0.5) is 5.13 Å². The molecule has 0 aliphatic heterocycles. The van der Waals surface area contributed by atoms with E-state index in [2.05, 4.69) is 43.1 Å². The Balaban J connectivity index is 1.23. The smallest absolute Gasteiger partial charge is 0.184 e. The minimum absolute atomic E-state index is 0.101. The van der Waals surface area contributed by atoms with Crippen LogP contribution < -0.4 is 5.32 Å². The number of rotatable bonds is 5. The Morgan fingerprint density at radius 3 is 2.84 bits per heavy atom.